The van der Waals surface area contributed by atoms with E-state index < -0.39 is 64.0 Å². The van der Waals surface area contributed by atoms with Crippen LogP contribution in [0.15, 0.2) is 12.1 Å². The zero-order valence-electron chi connectivity index (χ0n) is 24.9. The zero-order chi connectivity index (χ0) is 31.6. The molecule has 0 radical (unpaired) electrons. The molecule has 2 aliphatic heterocycles. The minimum atomic E-state index is -1.75. The first-order valence-corrected chi connectivity index (χ1v) is 14.0. The van der Waals surface area contributed by atoms with Gasteiger partial charge in [-0.25, -0.2) is 9.28 Å². The van der Waals surface area contributed by atoms with E-state index >= 15 is 0 Å². The lowest BCUT2D eigenvalue weighted by Crippen LogP contribution is -2.79. The molecule has 1 aromatic carbocycles. The Morgan fingerprint density at radius 1 is 1.02 bits per heavy atom. The smallest absolute Gasteiger partial charge is 0.337 e. The molecule has 2 unspecified atom stereocenters. The van der Waals surface area contributed by atoms with Gasteiger partial charge in [-0.05, 0) is 44.4 Å². The van der Waals surface area contributed by atoms with Crippen LogP contribution in [0.4, 0.5) is 0 Å². The van der Waals surface area contributed by atoms with E-state index in [2.05, 4.69) is 0 Å². The summed E-state index contributed by atoms with van der Waals surface area (Å²) in [5.41, 5.74) is 16.7. The summed E-state index contributed by atoms with van der Waals surface area (Å²) in [5.74, 6) is -2.23. The summed E-state index contributed by atoms with van der Waals surface area (Å²) in [7, 11) is 4.32. The summed E-state index contributed by atoms with van der Waals surface area (Å²) in [4.78, 5) is 56.1. The van der Waals surface area contributed by atoms with E-state index in [-0.39, 0.29) is 32.4 Å². The van der Waals surface area contributed by atoms with Crippen LogP contribution < -0.4 is 31.4 Å². The van der Waals surface area contributed by atoms with Gasteiger partial charge in [0.15, 0.2) is 17.0 Å². The van der Waals surface area contributed by atoms with Crippen molar-refractivity contribution in [2.45, 2.75) is 81.8 Å². The molecule has 2 heterocycles. The molecule has 2 fully saturated rings. The third-order valence-electron chi connectivity index (χ3n) is 8.79. The average molecular weight is 595 g/mol. The first-order valence-electron chi connectivity index (χ1n) is 14.0. The van der Waals surface area contributed by atoms with E-state index in [4.69, 9.17) is 31.4 Å². The molecule has 0 saturated carbocycles. The van der Waals surface area contributed by atoms with Crippen LogP contribution in [0.2, 0.25) is 0 Å². The predicted octanol–water partition coefficient (Wildman–Crippen LogP) is -1.45. The number of methoxy groups -OCH3 is 3. The molecule has 2 saturated heterocycles. The molecular weight excluding hydrogens is 550 g/mol. The van der Waals surface area contributed by atoms with E-state index in [9.17, 15) is 29.4 Å². The van der Waals surface area contributed by atoms with Gasteiger partial charge in [0.2, 0.25) is 17.7 Å². The Kier molecular flexibility index (Phi) is 10.1. The minimum Gasteiger partial charge on any atom is -0.493 e. The lowest BCUT2D eigenvalue weighted by molar-refractivity contribution is -0.902. The summed E-state index contributed by atoms with van der Waals surface area (Å²) in [5, 5.41) is 20.9. The maximum absolute atomic E-state index is 14.9. The number of amides is 4. The molecule has 4 amide bonds. The minimum absolute atomic E-state index is 0.0360. The fraction of sp³-hybridized carbons (Fsp3) is 0.643. The number of hydrogen-bond acceptors (Lipinski definition) is 10. The number of carbonyl (C=O) groups is 4. The van der Waals surface area contributed by atoms with Gasteiger partial charge in [0, 0.05) is 25.8 Å². The first-order chi connectivity index (χ1) is 19.7. The lowest BCUT2D eigenvalue weighted by Gasteiger charge is -2.50. The molecule has 14 heteroatoms. The van der Waals surface area contributed by atoms with Crippen molar-refractivity contribution >= 4 is 23.6 Å². The quantitative estimate of drug-likeness (QED) is 0.177. The van der Waals surface area contributed by atoms with E-state index in [1.165, 1.54) is 40.1 Å². The Morgan fingerprint density at radius 2 is 1.62 bits per heavy atom. The van der Waals surface area contributed by atoms with Gasteiger partial charge in [0.05, 0.1) is 34.0 Å². The fourth-order valence-corrected chi connectivity index (χ4v) is 6.88. The Hall–Kier alpha value is -3.46. The largest absolute Gasteiger partial charge is 0.493 e. The lowest BCUT2D eigenvalue weighted by atomic mass is 9.82. The van der Waals surface area contributed by atoms with Crippen molar-refractivity contribution in [3.8, 4) is 17.2 Å². The van der Waals surface area contributed by atoms with Gasteiger partial charge < -0.3 is 46.5 Å². The van der Waals surface area contributed by atoms with E-state index in [0.717, 1.165) is 0 Å². The van der Waals surface area contributed by atoms with Crippen molar-refractivity contribution in [2.75, 3.05) is 34.4 Å². The second kappa shape index (κ2) is 12.8. The molecular formula is C28H44N5O9+. The summed E-state index contributed by atoms with van der Waals surface area (Å²) in [6.45, 7) is 2.84. The van der Waals surface area contributed by atoms with Crippen LogP contribution in [0.5, 0.6) is 17.2 Å². The number of benzene rings is 1. The van der Waals surface area contributed by atoms with Crippen molar-refractivity contribution in [3.63, 3.8) is 0 Å². The number of nitrogens with zero attached hydrogens (tertiary/aromatic N) is 2. The van der Waals surface area contributed by atoms with Gasteiger partial charge in [0.25, 0.3) is 11.8 Å². The van der Waals surface area contributed by atoms with Crippen LogP contribution in [0.25, 0.3) is 0 Å². The average Bonchev–Trinajstić information content (AvgIpc) is 3.57. The number of aliphatic hydroxyl groups is 2. The van der Waals surface area contributed by atoms with Crippen molar-refractivity contribution in [1.82, 2.24) is 4.90 Å². The number of primary amides is 2. The maximum Gasteiger partial charge on any atom is 0.337 e. The van der Waals surface area contributed by atoms with Crippen LogP contribution >= 0.6 is 0 Å². The van der Waals surface area contributed by atoms with Crippen LogP contribution in [0.3, 0.4) is 0 Å². The SMILES string of the molecule is COc1cc(CC2(C(N)=O)CCC[N+]2(C(=O)[C@@H]2CCCN2C(=O)[C@@H](N)[C@@H](C)O)[C@H](C(N)=O)[C@@H](C)O)cc(OC)c1OC. The summed E-state index contributed by atoms with van der Waals surface area (Å²) >= 11 is 0. The number of rotatable bonds is 12. The molecule has 2 aliphatic rings. The maximum atomic E-state index is 14.9. The van der Waals surface area contributed by atoms with Crippen LogP contribution in [-0.4, -0.2) is 114 Å². The Labute approximate surface area is 245 Å². The molecule has 234 valence electrons. The molecule has 3 rings (SSSR count). The Balaban J connectivity index is 2.27. The van der Waals surface area contributed by atoms with Gasteiger partial charge in [0.1, 0.15) is 18.2 Å². The summed E-state index contributed by atoms with van der Waals surface area (Å²) in [6, 6.07) is -0.692. The number of quaternary nitrogens is 1. The van der Waals surface area contributed by atoms with Gasteiger partial charge in [-0.15, -0.1) is 0 Å². The fourth-order valence-electron chi connectivity index (χ4n) is 6.88. The zero-order valence-corrected chi connectivity index (χ0v) is 24.9. The summed E-state index contributed by atoms with van der Waals surface area (Å²) in [6.07, 6.45) is -1.71. The molecule has 14 nitrogen and oxygen atoms in total. The number of likely N-dealkylation sites (tertiary alicyclic amines) is 2. The molecule has 1 aromatic rings. The highest BCUT2D eigenvalue weighted by atomic mass is 16.5. The third kappa shape index (κ3) is 5.39. The number of hydrogen-bond donors (Lipinski definition) is 5. The van der Waals surface area contributed by atoms with E-state index in [0.29, 0.717) is 35.7 Å². The van der Waals surface area contributed by atoms with Gasteiger partial charge >= 0.3 is 5.91 Å². The van der Waals surface area contributed by atoms with Crippen LogP contribution in [-0.2, 0) is 25.6 Å². The van der Waals surface area contributed by atoms with E-state index in [1.54, 1.807) is 12.1 Å². The van der Waals surface area contributed by atoms with Crippen molar-refractivity contribution in [3.05, 3.63) is 17.7 Å². The number of carbonyl (C=O) groups excluding carboxylic acids is 4. The van der Waals surface area contributed by atoms with Gasteiger partial charge in [-0.3, -0.25) is 14.4 Å². The van der Waals surface area contributed by atoms with Crippen LogP contribution in [0.1, 0.15) is 45.1 Å². The molecule has 7 atom stereocenters. The van der Waals surface area contributed by atoms with Crippen molar-refractivity contribution < 1.29 is 48.1 Å². The predicted molar refractivity (Wildman–Crippen MR) is 150 cm³/mol. The molecule has 8 N–H and O–H groups in total. The van der Waals surface area contributed by atoms with Crippen molar-refractivity contribution in [1.29, 1.82) is 0 Å². The van der Waals surface area contributed by atoms with E-state index in [1.807, 2.05) is 0 Å². The Morgan fingerprint density at radius 3 is 2.07 bits per heavy atom. The summed E-state index contributed by atoms with van der Waals surface area (Å²) < 4.78 is 15.5. The first kappa shape index (κ1) is 33.0. The molecule has 0 spiro atoms. The van der Waals surface area contributed by atoms with Gasteiger partial charge in [-0.2, -0.15) is 0 Å². The highest BCUT2D eigenvalue weighted by Gasteiger charge is 2.70. The van der Waals surface area contributed by atoms with Gasteiger partial charge in [-0.1, -0.05) is 0 Å². The topological polar surface area (TPSA) is 218 Å². The van der Waals surface area contributed by atoms with Crippen LogP contribution in [0, 0.1) is 0 Å². The standard InChI is InChI=1S/C28H43N5O9/c1-15(34)21(29)25(37)32-10-6-8-18(32)26(38)33(22(16(2)35)24(30)36)11-7-9-28(33,27(31)39)14-17-12-19(40-3)23(42-5)20(13-17)41-4/h12-13,15-16,18,21-22,34-35H,6-11,14,29H2,1-5H3,(H3-,30,31,36,39)/p+1/t15-,16-,18+,21+,22+,28?,33?/m1/s1. The molecule has 0 aromatic heterocycles. The molecule has 0 aliphatic carbocycles. The number of aliphatic hydroxyl groups excluding tert-OH is 2. The Bertz CT molecular complexity index is 1180. The monoisotopic (exact) mass is 594 g/mol. The normalized spacial score (nSPS) is 26.7. The number of ether oxygens (including phenoxy) is 3. The molecule has 42 heavy (non-hydrogen) atoms. The molecule has 0 bridgehead atoms. The highest BCUT2D eigenvalue weighted by molar-refractivity contribution is 5.93. The third-order valence-corrected chi connectivity index (χ3v) is 8.79. The second-order valence-corrected chi connectivity index (χ2v) is 11.2. The van der Waals surface area contributed by atoms with Crippen molar-refractivity contribution in [2.24, 2.45) is 17.2 Å². The second-order valence-electron chi connectivity index (χ2n) is 11.2. The highest BCUT2D eigenvalue weighted by Crippen LogP contribution is 2.47. The number of nitrogens with two attached hydrogens (primary N) is 3.